The maximum Gasteiger partial charge on any atom is 0.173 e. The Morgan fingerprint density at radius 3 is 2.37 bits per heavy atom. The summed E-state index contributed by atoms with van der Waals surface area (Å²) in [5, 5.41) is 0. The topological polar surface area (TPSA) is 26.3 Å². The van der Waals surface area contributed by atoms with Gasteiger partial charge in [0.05, 0.1) is 0 Å². The standard InChI is InChI=1S/C16H21BrO2/c1-11-8-14(9-12(2)16(11)17)19-10-15(18)13-6-4-3-5-7-13/h8-9,13H,3-7,10H2,1-2H3. The molecule has 2 rings (SSSR count). The molecule has 1 fully saturated rings. The van der Waals surface area contributed by atoms with Gasteiger partial charge in [-0.3, -0.25) is 4.79 Å². The Morgan fingerprint density at radius 1 is 1.21 bits per heavy atom. The quantitative estimate of drug-likeness (QED) is 0.809. The fourth-order valence-corrected chi connectivity index (χ4v) is 2.92. The molecule has 0 saturated heterocycles. The zero-order valence-electron chi connectivity index (χ0n) is 11.7. The van der Waals surface area contributed by atoms with Gasteiger partial charge in [0.2, 0.25) is 0 Å². The van der Waals surface area contributed by atoms with Crippen molar-refractivity contribution in [3.05, 3.63) is 27.7 Å². The van der Waals surface area contributed by atoms with Crippen LogP contribution in [0.2, 0.25) is 0 Å². The van der Waals surface area contributed by atoms with Gasteiger partial charge in [-0.15, -0.1) is 0 Å². The van der Waals surface area contributed by atoms with Crippen molar-refractivity contribution < 1.29 is 9.53 Å². The fourth-order valence-electron chi connectivity index (χ4n) is 2.69. The van der Waals surface area contributed by atoms with Gasteiger partial charge in [-0.25, -0.2) is 0 Å². The summed E-state index contributed by atoms with van der Waals surface area (Å²) in [4.78, 5) is 12.1. The lowest BCUT2D eigenvalue weighted by molar-refractivity contribution is -0.125. The molecular weight excluding hydrogens is 304 g/mol. The molecule has 0 atom stereocenters. The summed E-state index contributed by atoms with van der Waals surface area (Å²) in [6, 6.07) is 3.95. The van der Waals surface area contributed by atoms with Crippen molar-refractivity contribution in [2.75, 3.05) is 6.61 Å². The number of aryl methyl sites for hydroxylation is 2. The highest BCUT2D eigenvalue weighted by molar-refractivity contribution is 9.10. The molecule has 19 heavy (non-hydrogen) atoms. The number of ether oxygens (including phenoxy) is 1. The summed E-state index contributed by atoms with van der Waals surface area (Å²) in [6.45, 7) is 4.28. The molecule has 2 nitrogen and oxygen atoms in total. The zero-order chi connectivity index (χ0) is 13.8. The highest BCUT2D eigenvalue weighted by atomic mass is 79.9. The van der Waals surface area contributed by atoms with Crippen molar-refractivity contribution in [1.29, 1.82) is 0 Å². The maximum atomic E-state index is 12.1. The van der Waals surface area contributed by atoms with E-state index in [1.54, 1.807) is 0 Å². The molecule has 0 aliphatic heterocycles. The molecule has 1 aliphatic carbocycles. The van der Waals surface area contributed by atoms with Crippen LogP contribution in [0, 0.1) is 19.8 Å². The van der Waals surface area contributed by atoms with Crippen LogP contribution in [0.3, 0.4) is 0 Å². The largest absolute Gasteiger partial charge is 0.486 e. The first-order chi connectivity index (χ1) is 9.08. The average molecular weight is 325 g/mol. The summed E-state index contributed by atoms with van der Waals surface area (Å²) >= 11 is 3.53. The van der Waals surface area contributed by atoms with E-state index in [1.807, 2.05) is 26.0 Å². The molecule has 0 unspecified atom stereocenters. The molecule has 104 valence electrons. The van der Waals surface area contributed by atoms with Gasteiger partial charge in [0.15, 0.2) is 5.78 Å². The number of ketones is 1. The fraction of sp³-hybridized carbons (Fsp3) is 0.562. The Balaban J connectivity index is 1.93. The van der Waals surface area contributed by atoms with Crippen LogP contribution >= 0.6 is 15.9 Å². The minimum Gasteiger partial charge on any atom is -0.486 e. The third-order valence-corrected chi connectivity index (χ3v) is 5.10. The van der Waals surface area contributed by atoms with Gasteiger partial charge >= 0.3 is 0 Å². The first kappa shape index (κ1) is 14.6. The zero-order valence-corrected chi connectivity index (χ0v) is 13.3. The Hall–Kier alpha value is -0.830. The normalized spacial score (nSPS) is 16.4. The van der Waals surface area contributed by atoms with E-state index in [0.717, 1.165) is 34.2 Å². The van der Waals surface area contributed by atoms with Crippen LogP contribution in [0.5, 0.6) is 5.75 Å². The molecule has 0 bridgehead atoms. The lowest BCUT2D eigenvalue weighted by Crippen LogP contribution is -2.23. The van der Waals surface area contributed by atoms with E-state index in [0.29, 0.717) is 0 Å². The van der Waals surface area contributed by atoms with Crippen LogP contribution < -0.4 is 4.74 Å². The first-order valence-electron chi connectivity index (χ1n) is 7.00. The minimum atomic E-state index is 0.213. The Morgan fingerprint density at radius 2 is 1.79 bits per heavy atom. The summed E-state index contributed by atoms with van der Waals surface area (Å²) in [6.07, 6.45) is 5.73. The number of benzene rings is 1. The monoisotopic (exact) mass is 324 g/mol. The van der Waals surface area contributed by atoms with Gasteiger partial charge in [-0.1, -0.05) is 35.2 Å². The van der Waals surface area contributed by atoms with Crippen LogP contribution in [0.1, 0.15) is 43.2 Å². The van der Waals surface area contributed by atoms with E-state index in [1.165, 1.54) is 19.3 Å². The summed E-state index contributed by atoms with van der Waals surface area (Å²) < 4.78 is 6.78. The molecule has 0 N–H and O–H groups in total. The van der Waals surface area contributed by atoms with Gasteiger partial charge in [-0.2, -0.15) is 0 Å². The summed E-state index contributed by atoms with van der Waals surface area (Å²) in [5.41, 5.74) is 2.28. The van der Waals surface area contributed by atoms with E-state index in [9.17, 15) is 4.79 Å². The molecule has 0 spiro atoms. The smallest absolute Gasteiger partial charge is 0.173 e. The van der Waals surface area contributed by atoms with E-state index >= 15 is 0 Å². The number of rotatable bonds is 4. The molecule has 1 aromatic carbocycles. The number of hydrogen-bond acceptors (Lipinski definition) is 2. The van der Waals surface area contributed by atoms with Crippen molar-refractivity contribution in [3.8, 4) is 5.75 Å². The molecule has 1 aromatic rings. The van der Waals surface area contributed by atoms with Gasteiger partial charge in [0, 0.05) is 10.4 Å². The molecule has 0 heterocycles. The third kappa shape index (κ3) is 3.82. The van der Waals surface area contributed by atoms with Crippen LogP contribution in [0.25, 0.3) is 0 Å². The number of halogens is 1. The van der Waals surface area contributed by atoms with E-state index in [4.69, 9.17) is 4.74 Å². The highest BCUT2D eigenvalue weighted by Crippen LogP contribution is 2.27. The van der Waals surface area contributed by atoms with Crippen molar-refractivity contribution in [2.45, 2.75) is 46.0 Å². The predicted octanol–water partition coefficient (Wildman–Crippen LogP) is 4.59. The number of Topliss-reactive ketones (excluding diaryl/α,β-unsaturated/α-hetero) is 1. The van der Waals surface area contributed by atoms with E-state index in [2.05, 4.69) is 15.9 Å². The van der Waals surface area contributed by atoms with Gasteiger partial charge in [0.25, 0.3) is 0 Å². The molecule has 3 heteroatoms. The number of carbonyl (C=O) groups excluding carboxylic acids is 1. The number of hydrogen-bond donors (Lipinski definition) is 0. The molecule has 0 aromatic heterocycles. The SMILES string of the molecule is Cc1cc(OCC(=O)C2CCCCC2)cc(C)c1Br. The van der Waals surface area contributed by atoms with Crippen molar-refractivity contribution >= 4 is 21.7 Å². The van der Waals surface area contributed by atoms with Crippen LogP contribution in [-0.4, -0.2) is 12.4 Å². The van der Waals surface area contributed by atoms with Gasteiger partial charge in [-0.05, 0) is 49.9 Å². The summed E-state index contributed by atoms with van der Waals surface area (Å²) in [5.74, 6) is 1.28. The number of carbonyl (C=O) groups is 1. The summed E-state index contributed by atoms with van der Waals surface area (Å²) in [7, 11) is 0. The van der Waals surface area contributed by atoms with Crippen molar-refractivity contribution in [1.82, 2.24) is 0 Å². The predicted molar refractivity (Wildman–Crippen MR) is 80.7 cm³/mol. The molecule has 0 radical (unpaired) electrons. The third-order valence-electron chi connectivity index (χ3n) is 3.85. The van der Waals surface area contributed by atoms with E-state index in [-0.39, 0.29) is 18.3 Å². The molecular formula is C16H21BrO2. The Kier molecular flexibility index (Phi) is 5.03. The van der Waals surface area contributed by atoms with Crippen molar-refractivity contribution in [3.63, 3.8) is 0 Å². The second-order valence-electron chi connectivity index (χ2n) is 5.46. The average Bonchev–Trinajstić information content (AvgIpc) is 2.43. The highest BCUT2D eigenvalue weighted by Gasteiger charge is 2.21. The Bertz CT molecular complexity index is 439. The van der Waals surface area contributed by atoms with Crippen molar-refractivity contribution in [2.24, 2.45) is 5.92 Å². The lowest BCUT2D eigenvalue weighted by atomic mass is 9.86. The first-order valence-corrected chi connectivity index (χ1v) is 7.79. The Labute approximate surface area is 123 Å². The van der Waals surface area contributed by atoms with Gasteiger partial charge < -0.3 is 4.74 Å². The molecule has 1 aliphatic rings. The maximum absolute atomic E-state index is 12.1. The van der Waals surface area contributed by atoms with Crippen LogP contribution in [0.4, 0.5) is 0 Å². The molecule has 0 amide bonds. The van der Waals surface area contributed by atoms with Gasteiger partial charge in [0.1, 0.15) is 12.4 Å². The second kappa shape index (κ2) is 6.56. The second-order valence-corrected chi connectivity index (χ2v) is 6.25. The molecule has 1 saturated carbocycles. The van der Waals surface area contributed by atoms with Crippen LogP contribution in [-0.2, 0) is 4.79 Å². The lowest BCUT2D eigenvalue weighted by Gasteiger charge is -2.20. The minimum absolute atomic E-state index is 0.213. The van der Waals surface area contributed by atoms with Crippen LogP contribution in [0.15, 0.2) is 16.6 Å². The van der Waals surface area contributed by atoms with E-state index < -0.39 is 0 Å².